The molecular weight excluding hydrogens is 458 g/mol. The summed E-state index contributed by atoms with van der Waals surface area (Å²) in [5.74, 6) is 0.939. The number of likely N-dealkylation sites (tertiary alicyclic amines) is 1. The van der Waals surface area contributed by atoms with Gasteiger partial charge in [-0.15, -0.1) is 0 Å². The van der Waals surface area contributed by atoms with Crippen molar-refractivity contribution in [3.63, 3.8) is 0 Å². The number of carbonyl (C=O) groups is 1. The Balaban J connectivity index is 1.25. The largest absolute Gasteiger partial charge is 0.368 e. The fourth-order valence-electron chi connectivity index (χ4n) is 5.28. The van der Waals surface area contributed by atoms with Gasteiger partial charge in [0.2, 0.25) is 0 Å². The maximum absolute atomic E-state index is 12.9. The number of rotatable bonds is 6. The van der Waals surface area contributed by atoms with E-state index in [1.165, 1.54) is 24.9 Å². The molecule has 1 atom stereocenters. The highest BCUT2D eigenvalue weighted by Crippen LogP contribution is 2.28. The van der Waals surface area contributed by atoms with Crippen LogP contribution in [-0.2, 0) is 0 Å². The van der Waals surface area contributed by atoms with Crippen molar-refractivity contribution in [1.29, 1.82) is 0 Å². The quantitative estimate of drug-likeness (QED) is 0.535. The third-order valence-electron chi connectivity index (χ3n) is 7.40. The maximum atomic E-state index is 12.9. The number of nitrogens with one attached hydrogen (secondary N) is 1. The summed E-state index contributed by atoms with van der Waals surface area (Å²) in [5, 5.41) is 6.02. The first-order chi connectivity index (χ1) is 17.1. The molecule has 2 fully saturated rings. The zero-order valence-electron chi connectivity index (χ0n) is 20.4. The van der Waals surface area contributed by atoms with Crippen molar-refractivity contribution in [3.8, 4) is 0 Å². The summed E-state index contributed by atoms with van der Waals surface area (Å²) in [5.41, 5.74) is 1.89. The highest BCUT2D eigenvalue weighted by atomic mass is 35.5. The van der Waals surface area contributed by atoms with Crippen molar-refractivity contribution in [2.45, 2.75) is 32.2 Å². The third-order valence-corrected chi connectivity index (χ3v) is 7.66. The molecule has 7 heteroatoms. The fourth-order valence-corrected chi connectivity index (χ4v) is 5.41. The standard InChI is InChI=1S/C28H34ClN5O/c1-21-4-2-3-14-32(21)15-13-31-28(35)23-6-5-22-11-12-30-27(26(22)20-23)34-18-16-33(17-19-34)25-9-7-24(29)8-10-25/h5-12,20-21H,2-4,13-19H2,1H3,(H,31,35)/t21-/m0/s1. The predicted octanol–water partition coefficient (Wildman–Crippen LogP) is 4.82. The molecule has 2 aliphatic heterocycles. The highest BCUT2D eigenvalue weighted by Gasteiger charge is 2.21. The monoisotopic (exact) mass is 491 g/mol. The van der Waals surface area contributed by atoms with Crippen LogP contribution in [0.15, 0.2) is 54.7 Å². The number of hydrogen-bond acceptors (Lipinski definition) is 5. The van der Waals surface area contributed by atoms with Gasteiger partial charge in [0.15, 0.2) is 0 Å². The molecule has 2 aliphatic rings. The van der Waals surface area contributed by atoms with Crippen LogP contribution in [0.5, 0.6) is 0 Å². The number of pyridine rings is 1. The summed E-state index contributed by atoms with van der Waals surface area (Å²) in [6.45, 7) is 8.57. The van der Waals surface area contributed by atoms with Gasteiger partial charge in [-0.3, -0.25) is 9.69 Å². The van der Waals surface area contributed by atoms with Crippen LogP contribution in [0.1, 0.15) is 36.5 Å². The van der Waals surface area contributed by atoms with E-state index in [1.807, 2.05) is 42.6 Å². The van der Waals surface area contributed by atoms with Gasteiger partial charge in [-0.05, 0) is 74.2 Å². The smallest absolute Gasteiger partial charge is 0.251 e. The van der Waals surface area contributed by atoms with E-state index in [0.717, 1.165) is 60.9 Å². The number of benzene rings is 2. The second-order valence-corrected chi connectivity index (χ2v) is 10.1. The lowest BCUT2D eigenvalue weighted by atomic mass is 10.0. The summed E-state index contributed by atoms with van der Waals surface area (Å²) in [6, 6.07) is 16.6. The van der Waals surface area contributed by atoms with E-state index >= 15 is 0 Å². The second-order valence-electron chi connectivity index (χ2n) is 9.66. The Labute approximate surface area is 212 Å². The zero-order valence-corrected chi connectivity index (χ0v) is 21.2. The average Bonchev–Trinajstić information content (AvgIpc) is 2.89. The van der Waals surface area contributed by atoms with Gasteiger partial charge in [0.25, 0.3) is 5.91 Å². The number of aromatic nitrogens is 1. The number of halogens is 1. The normalized spacial score (nSPS) is 19.2. The molecule has 35 heavy (non-hydrogen) atoms. The molecule has 5 rings (SSSR count). The van der Waals surface area contributed by atoms with E-state index in [-0.39, 0.29) is 5.91 Å². The molecule has 1 amide bonds. The lowest BCUT2D eigenvalue weighted by Gasteiger charge is -2.37. The zero-order chi connectivity index (χ0) is 24.2. The van der Waals surface area contributed by atoms with Crippen LogP contribution in [-0.4, -0.2) is 67.6 Å². The van der Waals surface area contributed by atoms with Crippen LogP contribution in [0.2, 0.25) is 5.02 Å². The van der Waals surface area contributed by atoms with Crippen LogP contribution >= 0.6 is 11.6 Å². The Bertz CT molecular complexity index is 1160. The van der Waals surface area contributed by atoms with Crippen molar-refractivity contribution >= 4 is 39.8 Å². The Kier molecular flexibility index (Phi) is 7.40. The van der Waals surface area contributed by atoms with Gasteiger partial charge >= 0.3 is 0 Å². The molecule has 0 bridgehead atoms. The van der Waals surface area contributed by atoms with Crippen molar-refractivity contribution in [2.75, 3.05) is 55.6 Å². The van der Waals surface area contributed by atoms with Gasteiger partial charge in [0.1, 0.15) is 5.82 Å². The number of fused-ring (bicyclic) bond motifs is 1. The maximum Gasteiger partial charge on any atom is 0.251 e. The lowest BCUT2D eigenvalue weighted by molar-refractivity contribution is 0.0938. The molecule has 0 spiro atoms. The van der Waals surface area contributed by atoms with E-state index in [9.17, 15) is 4.79 Å². The molecule has 2 saturated heterocycles. The molecule has 6 nitrogen and oxygen atoms in total. The molecule has 0 unspecified atom stereocenters. The number of carbonyl (C=O) groups excluding carboxylic acids is 1. The van der Waals surface area contributed by atoms with Crippen LogP contribution in [0.4, 0.5) is 11.5 Å². The van der Waals surface area contributed by atoms with Crippen molar-refractivity contribution in [3.05, 3.63) is 65.3 Å². The summed E-state index contributed by atoms with van der Waals surface area (Å²) in [7, 11) is 0. The number of anilines is 2. The molecule has 1 aromatic heterocycles. The van der Waals surface area contributed by atoms with Gasteiger partial charge in [0.05, 0.1) is 0 Å². The Hall–Kier alpha value is -2.83. The van der Waals surface area contributed by atoms with E-state index in [1.54, 1.807) is 0 Å². The highest BCUT2D eigenvalue weighted by molar-refractivity contribution is 6.30. The van der Waals surface area contributed by atoms with Gasteiger partial charge < -0.3 is 15.1 Å². The molecule has 1 N–H and O–H groups in total. The van der Waals surface area contributed by atoms with E-state index in [0.29, 0.717) is 18.2 Å². The fraction of sp³-hybridized carbons (Fsp3) is 0.429. The minimum atomic E-state index is -0.0149. The van der Waals surface area contributed by atoms with E-state index in [2.05, 4.69) is 39.1 Å². The molecule has 0 radical (unpaired) electrons. The van der Waals surface area contributed by atoms with Gasteiger partial charge in [-0.2, -0.15) is 0 Å². The van der Waals surface area contributed by atoms with Crippen LogP contribution in [0.25, 0.3) is 10.8 Å². The molecule has 3 heterocycles. The molecule has 0 aliphatic carbocycles. The number of piperidine rings is 1. The first kappa shape index (κ1) is 23.9. The Morgan fingerprint density at radius 2 is 1.77 bits per heavy atom. The molecular formula is C28H34ClN5O. The van der Waals surface area contributed by atoms with E-state index in [4.69, 9.17) is 16.6 Å². The second kappa shape index (κ2) is 10.8. The molecule has 0 saturated carbocycles. The van der Waals surface area contributed by atoms with Crippen molar-refractivity contribution < 1.29 is 4.79 Å². The van der Waals surface area contributed by atoms with Gasteiger partial charge in [-0.1, -0.05) is 24.1 Å². The summed E-state index contributed by atoms with van der Waals surface area (Å²) in [4.78, 5) is 24.9. The first-order valence-corrected chi connectivity index (χ1v) is 13.1. The number of hydrogen-bond donors (Lipinski definition) is 1. The van der Waals surface area contributed by atoms with Gasteiger partial charge in [-0.25, -0.2) is 4.98 Å². The van der Waals surface area contributed by atoms with Crippen LogP contribution in [0, 0.1) is 0 Å². The number of amides is 1. The molecule has 184 valence electrons. The summed E-state index contributed by atoms with van der Waals surface area (Å²) < 4.78 is 0. The first-order valence-electron chi connectivity index (χ1n) is 12.7. The minimum absolute atomic E-state index is 0.0149. The molecule has 3 aromatic rings. The molecule has 2 aromatic carbocycles. The minimum Gasteiger partial charge on any atom is -0.368 e. The summed E-state index contributed by atoms with van der Waals surface area (Å²) >= 11 is 6.05. The van der Waals surface area contributed by atoms with Gasteiger partial charge in [0, 0.05) is 73.2 Å². The SMILES string of the molecule is C[C@H]1CCCCN1CCNC(=O)c1ccc2ccnc(N3CCN(c4ccc(Cl)cc4)CC3)c2c1. The topological polar surface area (TPSA) is 51.7 Å². The van der Waals surface area contributed by atoms with Crippen molar-refractivity contribution in [1.82, 2.24) is 15.2 Å². The Morgan fingerprint density at radius 1 is 1.00 bits per heavy atom. The number of piperazine rings is 1. The van der Waals surface area contributed by atoms with Crippen molar-refractivity contribution in [2.24, 2.45) is 0 Å². The van der Waals surface area contributed by atoms with Crippen LogP contribution in [0.3, 0.4) is 0 Å². The van der Waals surface area contributed by atoms with Crippen LogP contribution < -0.4 is 15.1 Å². The third kappa shape index (κ3) is 5.54. The average molecular weight is 492 g/mol. The summed E-state index contributed by atoms with van der Waals surface area (Å²) in [6.07, 6.45) is 5.69. The van der Waals surface area contributed by atoms with E-state index < -0.39 is 0 Å². The number of nitrogens with zero attached hydrogens (tertiary/aromatic N) is 4. The predicted molar refractivity (Wildman–Crippen MR) is 145 cm³/mol. The Morgan fingerprint density at radius 3 is 2.54 bits per heavy atom. The lowest BCUT2D eigenvalue weighted by Crippen LogP contribution is -2.46.